The van der Waals surface area contributed by atoms with Gasteiger partial charge in [0.15, 0.2) is 5.96 Å². The number of fused-ring (bicyclic) bond motifs is 1. The summed E-state index contributed by atoms with van der Waals surface area (Å²) in [4.78, 5) is 25.8. The summed E-state index contributed by atoms with van der Waals surface area (Å²) in [7, 11) is 1.77. The van der Waals surface area contributed by atoms with Crippen LogP contribution in [-0.2, 0) is 11.3 Å². The highest BCUT2D eigenvalue weighted by Gasteiger charge is 2.24. The zero-order chi connectivity index (χ0) is 22.3. The van der Waals surface area contributed by atoms with Gasteiger partial charge in [-0.1, -0.05) is 25.1 Å². The maximum Gasteiger partial charge on any atom is 0.225 e. The molecule has 0 radical (unpaired) electrons. The number of nitrogens with one attached hydrogen (secondary N) is 3. The van der Waals surface area contributed by atoms with Gasteiger partial charge in [-0.25, -0.2) is 4.98 Å². The van der Waals surface area contributed by atoms with E-state index >= 15 is 0 Å². The highest BCUT2D eigenvalue weighted by atomic mass is 16.1. The fourth-order valence-electron chi connectivity index (χ4n) is 4.35. The predicted octanol–water partition coefficient (Wildman–Crippen LogP) is 2.01. The van der Waals surface area contributed by atoms with Crippen molar-refractivity contribution >= 4 is 23.4 Å². The molecule has 0 aliphatic carbocycles. The number of carbonyl (C=O) groups excluding carboxylic acids is 1. The van der Waals surface area contributed by atoms with E-state index in [1.807, 2.05) is 30.5 Å². The van der Waals surface area contributed by atoms with Crippen LogP contribution in [0.2, 0.25) is 0 Å². The second-order valence-electron chi connectivity index (χ2n) is 8.29. The molecule has 1 aromatic carbocycles. The number of likely N-dealkylation sites (N-methyl/N-ethyl adjacent to an activating group) is 1. The third kappa shape index (κ3) is 5.37. The molecule has 4 rings (SSSR count). The summed E-state index contributed by atoms with van der Waals surface area (Å²) in [6, 6.07) is 12.2. The molecule has 170 valence electrons. The van der Waals surface area contributed by atoms with Gasteiger partial charge >= 0.3 is 0 Å². The third-order valence-corrected chi connectivity index (χ3v) is 6.26. The van der Waals surface area contributed by atoms with Crippen molar-refractivity contribution in [2.75, 3.05) is 56.5 Å². The Balaban J connectivity index is 1.31. The first kappa shape index (κ1) is 22.1. The van der Waals surface area contributed by atoms with Gasteiger partial charge < -0.3 is 25.8 Å². The molecule has 0 bridgehead atoms. The fourth-order valence-corrected chi connectivity index (χ4v) is 4.35. The third-order valence-electron chi connectivity index (χ3n) is 6.26. The maximum atomic E-state index is 12.1. The van der Waals surface area contributed by atoms with E-state index in [1.54, 1.807) is 7.05 Å². The van der Waals surface area contributed by atoms with Crippen molar-refractivity contribution in [1.82, 2.24) is 20.5 Å². The smallest absolute Gasteiger partial charge is 0.225 e. The highest BCUT2D eigenvalue weighted by Crippen LogP contribution is 2.31. The number of aromatic nitrogens is 1. The van der Waals surface area contributed by atoms with Crippen LogP contribution in [0.5, 0.6) is 0 Å². The van der Waals surface area contributed by atoms with Gasteiger partial charge in [0.25, 0.3) is 0 Å². The number of guanidine groups is 1. The molecule has 32 heavy (non-hydrogen) atoms. The van der Waals surface area contributed by atoms with Gasteiger partial charge in [0, 0.05) is 70.5 Å². The van der Waals surface area contributed by atoms with Crippen LogP contribution in [0.25, 0.3) is 0 Å². The van der Waals surface area contributed by atoms with Crippen molar-refractivity contribution < 1.29 is 4.79 Å². The normalized spacial score (nSPS) is 19.3. The van der Waals surface area contributed by atoms with Crippen molar-refractivity contribution in [3.8, 4) is 0 Å². The SMILES string of the molecule is CCN1CCN(c2cc(CNC(=NC)NCC3CC(=O)Nc4ccccc43)ccn2)CC1. The average Bonchev–Trinajstić information content (AvgIpc) is 2.84. The number of amides is 1. The fraction of sp³-hybridized carbons (Fsp3) is 0.458. The first-order valence-electron chi connectivity index (χ1n) is 11.4. The van der Waals surface area contributed by atoms with E-state index < -0.39 is 0 Å². The minimum Gasteiger partial charge on any atom is -0.356 e. The lowest BCUT2D eigenvalue weighted by Gasteiger charge is -2.34. The van der Waals surface area contributed by atoms with Gasteiger partial charge in [-0.2, -0.15) is 0 Å². The number of benzene rings is 1. The number of piperazine rings is 1. The zero-order valence-corrected chi connectivity index (χ0v) is 19.0. The number of pyridine rings is 1. The van der Waals surface area contributed by atoms with Crippen LogP contribution in [0.4, 0.5) is 11.5 Å². The topological polar surface area (TPSA) is 84.9 Å². The van der Waals surface area contributed by atoms with Crippen molar-refractivity contribution in [1.29, 1.82) is 0 Å². The molecule has 1 amide bonds. The Morgan fingerprint density at radius 3 is 2.78 bits per heavy atom. The van der Waals surface area contributed by atoms with Crippen LogP contribution in [0.1, 0.15) is 30.4 Å². The number of carbonyl (C=O) groups is 1. The van der Waals surface area contributed by atoms with Gasteiger partial charge in [-0.3, -0.25) is 9.79 Å². The minimum atomic E-state index is 0.0579. The van der Waals surface area contributed by atoms with E-state index in [9.17, 15) is 4.79 Å². The summed E-state index contributed by atoms with van der Waals surface area (Å²) in [6.07, 6.45) is 2.35. The quantitative estimate of drug-likeness (QED) is 0.476. The number of hydrogen-bond donors (Lipinski definition) is 3. The number of rotatable bonds is 6. The summed E-state index contributed by atoms with van der Waals surface area (Å²) in [6.45, 7) is 8.81. The molecule has 1 saturated heterocycles. The largest absolute Gasteiger partial charge is 0.356 e. The van der Waals surface area contributed by atoms with Crippen LogP contribution in [0.3, 0.4) is 0 Å². The summed E-state index contributed by atoms with van der Waals surface area (Å²) in [5, 5.41) is 9.73. The maximum absolute atomic E-state index is 12.1. The molecule has 1 unspecified atom stereocenters. The molecule has 0 saturated carbocycles. The number of hydrogen-bond acceptors (Lipinski definition) is 5. The van der Waals surface area contributed by atoms with Crippen LogP contribution < -0.4 is 20.9 Å². The standard InChI is InChI=1S/C24H33N7O/c1-3-30-10-12-31(13-11-30)22-14-18(8-9-26-22)16-27-24(25-2)28-17-19-15-23(32)29-21-7-5-4-6-20(19)21/h4-9,14,19H,3,10-13,15-17H2,1-2H3,(H,29,32)(H2,25,27,28). The Morgan fingerprint density at radius 2 is 2.00 bits per heavy atom. The number of aliphatic imine (C=N–C) groups is 1. The molecule has 1 fully saturated rings. The van der Waals surface area contributed by atoms with Crippen LogP contribution >= 0.6 is 0 Å². The molecule has 2 aromatic rings. The molecule has 2 aliphatic heterocycles. The lowest BCUT2D eigenvalue weighted by molar-refractivity contribution is -0.116. The van der Waals surface area contributed by atoms with E-state index in [4.69, 9.17) is 0 Å². The van der Waals surface area contributed by atoms with Crippen molar-refractivity contribution in [3.63, 3.8) is 0 Å². The van der Waals surface area contributed by atoms with Gasteiger partial charge in [-0.05, 0) is 35.9 Å². The number of nitrogens with zero attached hydrogens (tertiary/aromatic N) is 4. The second-order valence-corrected chi connectivity index (χ2v) is 8.29. The molecule has 3 N–H and O–H groups in total. The Labute approximate surface area is 190 Å². The summed E-state index contributed by atoms with van der Waals surface area (Å²) in [5.41, 5.74) is 3.23. The Hall–Kier alpha value is -3.13. The monoisotopic (exact) mass is 435 g/mol. The lowest BCUT2D eigenvalue weighted by Crippen LogP contribution is -2.46. The summed E-state index contributed by atoms with van der Waals surface area (Å²) < 4.78 is 0. The van der Waals surface area contributed by atoms with Crippen molar-refractivity contribution in [2.24, 2.45) is 4.99 Å². The Morgan fingerprint density at radius 1 is 1.19 bits per heavy atom. The van der Waals surface area contributed by atoms with E-state index in [-0.39, 0.29) is 11.8 Å². The number of para-hydroxylation sites is 1. The van der Waals surface area contributed by atoms with E-state index in [0.29, 0.717) is 19.5 Å². The Kier molecular flexibility index (Phi) is 7.21. The molecule has 8 heteroatoms. The van der Waals surface area contributed by atoms with Gasteiger partial charge in [0.05, 0.1) is 0 Å². The lowest BCUT2D eigenvalue weighted by atomic mass is 9.90. The molecule has 3 heterocycles. The summed E-state index contributed by atoms with van der Waals surface area (Å²) in [5.74, 6) is 1.94. The van der Waals surface area contributed by atoms with Crippen molar-refractivity contribution in [2.45, 2.75) is 25.8 Å². The summed E-state index contributed by atoms with van der Waals surface area (Å²) >= 11 is 0. The van der Waals surface area contributed by atoms with Gasteiger partial charge in [0.1, 0.15) is 5.82 Å². The van der Waals surface area contributed by atoms with E-state index in [1.165, 1.54) is 5.56 Å². The molecule has 2 aliphatic rings. The van der Waals surface area contributed by atoms with Crippen LogP contribution in [0, 0.1) is 0 Å². The van der Waals surface area contributed by atoms with Crippen LogP contribution in [-0.4, -0.2) is 68.1 Å². The predicted molar refractivity (Wildman–Crippen MR) is 129 cm³/mol. The molecular weight excluding hydrogens is 402 g/mol. The zero-order valence-electron chi connectivity index (χ0n) is 19.0. The minimum absolute atomic E-state index is 0.0579. The van der Waals surface area contributed by atoms with Crippen LogP contribution in [0.15, 0.2) is 47.6 Å². The van der Waals surface area contributed by atoms with Crippen molar-refractivity contribution in [3.05, 3.63) is 53.7 Å². The molecule has 1 atom stereocenters. The van der Waals surface area contributed by atoms with Gasteiger partial charge in [-0.15, -0.1) is 0 Å². The highest BCUT2D eigenvalue weighted by molar-refractivity contribution is 5.94. The second kappa shape index (κ2) is 10.5. The van der Waals surface area contributed by atoms with Gasteiger partial charge in [0.2, 0.25) is 5.91 Å². The Bertz CT molecular complexity index is 953. The average molecular weight is 436 g/mol. The molecular formula is C24H33N7O. The van der Waals surface area contributed by atoms with E-state index in [0.717, 1.165) is 55.8 Å². The molecule has 0 spiro atoms. The molecule has 8 nitrogen and oxygen atoms in total. The molecule has 1 aromatic heterocycles. The first-order chi connectivity index (χ1) is 15.7. The number of anilines is 2. The first-order valence-corrected chi connectivity index (χ1v) is 11.4. The van der Waals surface area contributed by atoms with E-state index in [2.05, 4.69) is 54.8 Å².